The Morgan fingerprint density at radius 3 is 1.43 bits per heavy atom. The van der Waals surface area contributed by atoms with E-state index in [9.17, 15) is 0 Å². The van der Waals surface area contributed by atoms with Crippen LogP contribution >= 0.6 is 0 Å². The molecule has 0 aliphatic carbocycles. The molecule has 2 heteroatoms. The van der Waals surface area contributed by atoms with Crippen molar-refractivity contribution in [3.05, 3.63) is 0 Å². The maximum absolute atomic E-state index is 5.52. The molecule has 1 aliphatic rings. The highest BCUT2D eigenvalue weighted by Crippen LogP contribution is 2.41. The van der Waals surface area contributed by atoms with Crippen molar-refractivity contribution in [2.24, 2.45) is 5.73 Å². The first-order valence-corrected chi connectivity index (χ1v) is 2.45. The van der Waals surface area contributed by atoms with Gasteiger partial charge in [-0.05, 0) is 20.8 Å². The first kappa shape index (κ1) is 5.06. The summed E-state index contributed by atoms with van der Waals surface area (Å²) in [5.74, 6) is 0. The lowest BCUT2D eigenvalue weighted by atomic mass is 10.1. The Kier molecular flexibility index (Phi) is 0.621. The average molecular weight is 101 g/mol. The van der Waals surface area contributed by atoms with Crippen LogP contribution in [0.4, 0.5) is 0 Å². The third kappa shape index (κ3) is 0.545. The van der Waals surface area contributed by atoms with E-state index >= 15 is 0 Å². The van der Waals surface area contributed by atoms with E-state index < -0.39 is 0 Å². The molecule has 0 aromatic carbocycles. The molecule has 0 radical (unpaired) electrons. The van der Waals surface area contributed by atoms with Gasteiger partial charge in [0.15, 0.2) is 0 Å². The minimum Gasteiger partial charge on any atom is -0.348 e. The molecule has 0 saturated carbocycles. The smallest absolute Gasteiger partial charge is 0.143 e. The van der Waals surface area contributed by atoms with Crippen molar-refractivity contribution >= 4 is 0 Å². The van der Waals surface area contributed by atoms with Crippen molar-refractivity contribution in [2.75, 3.05) is 0 Å². The fraction of sp³-hybridized carbons (Fsp3) is 1.00. The molecule has 2 N–H and O–H groups in total. The van der Waals surface area contributed by atoms with E-state index in [0.29, 0.717) is 0 Å². The highest BCUT2D eigenvalue weighted by atomic mass is 16.6. The topological polar surface area (TPSA) is 38.5 Å². The van der Waals surface area contributed by atoms with Crippen LogP contribution < -0.4 is 5.73 Å². The molecule has 2 nitrogen and oxygen atoms in total. The first-order valence-electron chi connectivity index (χ1n) is 2.45. The fourth-order valence-electron chi connectivity index (χ4n) is 0.505. The zero-order valence-electron chi connectivity index (χ0n) is 4.99. The molecule has 0 spiro atoms. The lowest BCUT2D eigenvalue weighted by Crippen LogP contribution is -2.26. The van der Waals surface area contributed by atoms with Gasteiger partial charge in [0.25, 0.3) is 0 Å². The molecule has 1 unspecified atom stereocenters. The standard InChI is InChI=1S/C5H11NO/c1-4(2)5(3,6)7-4/h6H2,1-3H3. The summed E-state index contributed by atoms with van der Waals surface area (Å²) in [6.45, 7) is 5.84. The number of epoxide rings is 1. The second kappa shape index (κ2) is 0.858. The van der Waals surface area contributed by atoms with Crippen molar-refractivity contribution in [1.82, 2.24) is 0 Å². The van der Waals surface area contributed by atoms with Gasteiger partial charge < -0.3 is 10.5 Å². The van der Waals surface area contributed by atoms with Crippen LogP contribution in [-0.2, 0) is 4.74 Å². The summed E-state index contributed by atoms with van der Waals surface area (Å²) in [5, 5.41) is 0. The van der Waals surface area contributed by atoms with E-state index in [-0.39, 0.29) is 11.3 Å². The van der Waals surface area contributed by atoms with Crippen molar-refractivity contribution in [2.45, 2.75) is 32.1 Å². The second-order valence-electron chi connectivity index (χ2n) is 2.72. The van der Waals surface area contributed by atoms with E-state index in [4.69, 9.17) is 10.5 Å². The van der Waals surface area contributed by atoms with E-state index in [1.807, 2.05) is 20.8 Å². The summed E-state index contributed by atoms with van der Waals surface area (Å²) in [7, 11) is 0. The van der Waals surface area contributed by atoms with Gasteiger partial charge in [0.05, 0.1) is 0 Å². The third-order valence-corrected chi connectivity index (χ3v) is 1.62. The largest absolute Gasteiger partial charge is 0.348 e. The van der Waals surface area contributed by atoms with Crippen LogP contribution in [0.15, 0.2) is 0 Å². The van der Waals surface area contributed by atoms with Gasteiger partial charge >= 0.3 is 0 Å². The monoisotopic (exact) mass is 101 g/mol. The van der Waals surface area contributed by atoms with Gasteiger partial charge in [-0.1, -0.05) is 0 Å². The molecule has 0 aromatic heterocycles. The number of rotatable bonds is 0. The molecular formula is C5H11NO. The average Bonchev–Trinajstić information content (AvgIpc) is 1.63. The molecule has 1 rings (SSSR count). The lowest BCUT2D eigenvalue weighted by Gasteiger charge is -1.95. The van der Waals surface area contributed by atoms with Gasteiger partial charge in [-0.25, -0.2) is 0 Å². The molecule has 0 amide bonds. The van der Waals surface area contributed by atoms with Gasteiger partial charge in [-0.2, -0.15) is 0 Å². The summed E-state index contributed by atoms with van der Waals surface area (Å²) < 4.78 is 5.07. The molecule has 0 bridgehead atoms. The van der Waals surface area contributed by atoms with E-state index in [1.54, 1.807) is 0 Å². The zero-order valence-corrected chi connectivity index (χ0v) is 4.99. The van der Waals surface area contributed by atoms with Crippen LogP contribution in [0, 0.1) is 0 Å². The number of hydrogen-bond acceptors (Lipinski definition) is 2. The van der Waals surface area contributed by atoms with Crippen molar-refractivity contribution in [3.63, 3.8) is 0 Å². The Morgan fingerprint density at radius 2 is 1.43 bits per heavy atom. The molecule has 0 aromatic rings. The minimum absolute atomic E-state index is 0.0764. The number of hydrogen-bond donors (Lipinski definition) is 1. The molecule has 1 atom stereocenters. The second-order valence-corrected chi connectivity index (χ2v) is 2.72. The fourth-order valence-corrected chi connectivity index (χ4v) is 0.505. The quantitative estimate of drug-likeness (QED) is 0.450. The van der Waals surface area contributed by atoms with E-state index in [0.717, 1.165) is 0 Å². The van der Waals surface area contributed by atoms with Crippen LogP contribution in [0.2, 0.25) is 0 Å². The zero-order chi connectivity index (χ0) is 5.71. The molecule has 1 saturated heterocycles. The van der Waals surface area contributed by atoms with Crippen LogP contribution in [0.1, 0.15) is 20.8 Å². The highest BCUT2D eigenvalue weighted by Gasteiger charge is 2.57. The van der Waals surface area contributed by atoms with E-state index in [1.165, 1.54) is 0 Å². The minimum atomic E-state index is -0.354. The van der Waals surface area contributed by atoms with Crippen LogP contribution in [0.25, 0.3) is 0 Å². The number of ether oxygens (including phenoxy) is 1. The van der Waals surface area contributed by atoms with Gasteiger partial charge in [0.2, 0.25) is 0 Å². The van der Waals surface area contributed by atoms with Gasteiger partial charge in [-0.3, -0.25) is 0 Å². The van der Waals surface area contributed by atoms with E-state index in [2.05, 4.69) is 0 Å². The van der Waals surface area contributed by atoms with Gasteiger partial charge in [-0.15, -0.1) is 0 Å². The maximum Gasteiger partial charge on any atom is 0.143 e. The third-order valence-electron chi connectivity index (χ3n) is 1.62. The number of nitrogens with two attached hydrogens (primary N) is 1. The summed E-state index contributed by atoms with van der Waals surface area (Å²) in [6.07, 6.45) is 0. The first-order chi connectivity index (χ1) is 2.96. The Labute approximate surface area is 43.6 Å². The van der Waals surface area contributed by atoms with Crippen LogP contribution in [0.5, 0.6) is 0 Å². The normalized spacial score (nSPS) is 46.3. The summed E-state index contributed by atoms with van der Waals surface area (Å²) in [6, 6.07) is 0. The summed E-state index contributed by atoms with van der Waals surface area (Å²) >= 11 is 0. The Hall–Kier alpha value is -0.0800. The molecule has 7 heavy (non-hydrogen) atoms. The van der Waals surface area contributed by atoms with Crippen molar-refractivity contribution < 1.29 is 4.74 Å². The SMILES string of the molecule is CC1(C)OC1(C)N. The molecule has 1 heterocycles. The molecule has 42 valence electrons. The predicted molar refractivity (Wildman–Crippen MR) is 27.8 cm³/mol. The van der Waals surface area contributed by atoms with Crippen LogP contribution in [-0.4, -0.2) is 11.3 Å². The highest BCUT2D eigenvalue weighted by molar-refractivity contribution is 5.02. The molecule has 1 aliphatic heterocycles. The summed E-state index contributed by atoms with van der Waals surface area (Å²) in [5.41, 5.74) is 5.09. The predicted octanol–water partition coefficient (Wildman–Crippen LogP) is 0.470. The van der Waals surface area contributed by atoms with Crippen LogP contribution in [0.3, 0.4) is 0 Å². The Morgan fingerprint density at radius 1 is 1.29 bits per heavy atom. The maximum atomic E-state index is 5.52. The molecular weight excluding hydrogens is 90.1 g/mol. The Balaban J connectivity index is 2.59. The van der Waals surface area contributed by atoms with Gasteiger partial charge in [0.1, 0.15) is 11.3 Å². The van der Waals surface area contributed by atoms with Gasteiger partial charge in [0, 0.05) is 0 Å². The van der Waals surface area contributed by atoms with Crippen molar-refractivity contribution in [3.8, 4) is 0 Å². The lowest BCUT2D eigenvalue weighted by molar-refractivity contribution is 0.289. The molecule has 1 fully saturated rings. The van der Waals surface area contributed by atoms with Crippen molar-refractivity contribution in [1.29, 1.82) is 0 Å². The Bertz CT molecular complexity index is 84.3. The summed E-state index contributed by atoms with van der Waals surface area (Å²) in [4.78, 5) is 0.